The SMILES string of the molecule is CC(C)c1cccc(C(C)C)c1N=C(CNc1c(C(C)C)cccc1C(C)C)Cc1ccccc1. The lowest BCUT2D eigenvalue weighted by molar-refractivity contribution is 0.833. The Labute approximate surface area is 213 Å². The predicted octanol–water partition coefficient (Wildman–Crippen LogP) is 9.61. The average Bonchev–Trinajstić information content (AvgIpc) is 2.82. The highest BCUT2D eigenvalue weighted by Crippen LogP contribution is 2.36. The molecular weight excluding hydrogens is 424 g/mol. The second-order valence-electron chi connectivity index (χ2n) is 10.9. The van der Waals surface area contributed by atoms with Gasteiger partial charge in [0.2, 0.25) is 0 Å². The third kappa shape index (κ3) is 6.84. The van der Waals surface area contributed by atoms with E-state index in [1.54, 1.807) is 0 Å². The van der Waals surface area contributed by atoms with Crippen molar-refractivity contribution in [3.05, 3.63) is 94.5 Å². The van der Waals surface area contributed by atoms with E-state index in [4.69, 9.17) is 4.99 Å². The predicted molar refractivity (Wildman–Crippen MR) is 155 cm³/mol. The Balaban J connectivity index is 2.08. The summed E-state index contributed by atoms with van der Waals surface area (Å²) in [5.41, 5.74) is 10.3. The Bertz CT molecular complexity index is 1070. The minimum Gasteiger partial charge on any atom is -0.379 e. The van der Waals surface area contributed by atoms with Gasteiger partial charge in [0, 0.05) is 17.8 Å². The normalized spacial score (nSPS) is 12.3. The minimum atomic E-state index is 0.424. The molecule has 0 saturated carbocycles. The quantitative estimate of drug-likeness (QED) is 0.294. The average molecular weight is 469 g/mol. The molecule has 3 rings (SSSR count). The Morgan fingerprint density at radius 1 is 0.600 bits per heavy atom. The maximum atomic E-state index is 5.41. The van der Waals surface area contributed by atoms with E-state index in [1.165, 1.54) is 39.2 Å². The molecule has 0 fully saturated rings. The molecule has 2 nitrogen and oxygen atoms in total. The van der Waals surface area contributed by atoms with Crippen molar-refractivity contribution >= 4 is 17.1 Å². The first-order valence-corrected chi connectivity index (χ1v) is 13.3. The van der Waals surface area contributed by atoms with E-state index >= 15 is 0 Å². The van der Waals surface area contributed by atoms with Gasteiger partial charge in [-0.2, -0.15) is 0 Å². The summed E-state index contributed by atoms with van der Waals surface area (Å²) in [6.07, 6.45) is 0.832. The van der Waals surface area contributed by atoms with Crippen molar-refractivity contribution in [2.75, 3.05) is 11.9 Å². The van der Waals surface area contributed by atoms with Crippen LogP contribution in [0.15, 0.2) is 71.7 Å². The van der Waals surface area contributed by atoms with Crippen LogP contribution in [-0.2, 0) is 6.42 Å². The molecule has 0 atom stereocenters. The first kappa shape index (κ1) is 26.7. The zero-order valence-corrected chi connectivity index (χ0v) is 23.0. The van der Waals surface area contributed by atoms with Gasteiger partial charge in [-0.25, -0.2) is 0 Å². The first-order chi connectivity index (χ1) is 16.7. The van der Waals surface area contributed by atoms with Crippen molar-refractivity contribution in [3.8, 4) is 0 Å². The summed E-state index contributed by atoms with van der Waals surface area (Å²) >= 11 is 0. The van der Waals surface area contributed by atoms with Gasteiger partial charge in [-0.05, 0) is 51.5 Å². The number of para-hydroxylation sites is 2. The zero-order valence-electron chi connectivity index (χ0n) is 23.0. The van der Waals surface area contributed by atoms with Crippen molar-refractivity contribution in [1.29, 1.82) is 0 Å². The summed E-state index contributed by atoms with van der Waals surface area (Å²) in [5.74, 6) is 1.76. The molecule has 0 aromatic heterocycles. The summed E-state index contributed by atoms with van der Waals surface area (Å²) in [5, 5.41) is 3.85. The lowest BCUT2D eigenvalue weighted by Gasteiger charge is -2.22. The van der Waals surface area contributed by atoms with E-state index < -0.39 is 0 Å². The molecule has 0 spiro atoms. The summed E-state index contributed by atoms with van der Waals surface area (Å²) in [6.45, 7) is 18.9. The topological polar surface area (TPSA) is 24.4 Å². The van der Waals surface area contributed by atoms with Crippen molar-refractivity contribution in [3.63, 3.8) is 0 Å². The van der Waals surface area contributed by atoms with E-state index in [9.17, 15) is 0 Å². The molecule has 0 aliphatic heterocycles. The maximum absolute atomic E-state index is 5.41. The Morgan fingerprint density at radius 3 is 1.51 bits per heavy atom. The third-order valence-electron chi connectivity index (χ3n) is 6.71. The second kappa shape index (κ2) is 12.2. The van der Waals surface area contributed by atoms with Gasteiger partial charge in [-0.1, -0.05) is 122 Å². The first-order valence-electron chi connectivity index (χ1n) is 13.3. The van der Waals surface area contributed by atoms with Crippen molar-refractivity contribution in [2.45, 2.75) is 85.5 Å². The molecule has 0 heterocycles. The smallest absolute Gasteiger partial charge is 0.0699 e. The van der Waals surface area contributed by atoms with E-state index in [-0.39, 0.29) is 0 Å². The van der Waals surface area contributed by atoms with Gasteiger partial charge in [0.05, 0.1) is 12.2 Å². The summed E-state index contributed by atoms with van der Waals surface area (Å²) in [7, 11) is 0. The molecule has 3 aromatic rings. The number of aliphatic imine (C=N–C) groups is 1. The summed E-state index contributed by atoms with van der Waals surface area (Å²) < 4.78 is 0. The summed E-state index contributed by atoms with van der Waals surface area (Å²) in [4.78, 5) is 5.41. The molecule has 2 heteroatoms. The van der Waals surface area contributed by atoms with Crippen molar-refractivity contribution in [2.24, 2.45) is 4.99 Å². The molecule has 0 saturated heterocycles. The molecule has 0 unspecified atom stereocenters. The second-order valence-corrected chi connectivity index (χ2v) is 10.9. The largest absolute Gasteiger partial charge is 0.379 e. The lowest BCUT2D eigenvalue weighted by atomic mass is 9.92. The van der Waals surface area contributed by atoms with Crippen molar-refractivity contribution < 1.29 is 0 Å². The molecular formula is C33H44N2. The number of nitrogens with one attached hydrogen (secondary N) is 1. The number of benzene rings is 3. The van der Waals surface area contributed by atoms with Gasteiger partial charge in [-0.15, -0.1) is 0 Å². The van der Waals surface area contributed by atoms with Crippen LogP contribution in [0.1, 0.15) is 107 Å². The molecule has 0 aliphatic rings. The highest BCUT2D eigenvalue weighted by molar-refractivity contribution is 5.93. The lowest BCUT2D eigenvalue weighted by Crippen LogP contribution is -2.19. The van der Waals surface area contributed by atoms with Gasteiger partial charge >= 0.3 is 0 Å². The van der Waals surface area contributed by atoms with E-state index in [0.29, 0.717) is 23.7 Å². The number of hydrogen-bond acceptors (Lipinski definition) is 2. The Kier molecular flexibility index (Phi) is 9.32. The Morgan fingerprint density at radius 2 is 1.06 bits per heavy atom. The van der Waals surface area contributed by atoms with Crippen LogP contribution in [0.4, 0.5) is 11.4 Å². The molecule has 186 valence electrons. The molecule has 3 aromatic carbocycles. The van der Waals surface area contributed by atoms with E-state index in [2.05, 4.69) is 127 Å². The fraction of sp³-hybridized carbons (Fsp3) is 0.424. The fourth-order valence-corrected chi connectivity index (χ4v) is 4.72. The molecule has 0 bridgehead atoms. The minimum absolute atomic E-state index is 0.424. The number of rotatable bonds is 10. The van der Waals surface area contributed by atoms with Crippen LogP contribution in [0.25, 0.3) is 0 Å². The van der Waals surface area contributed by atoms with E-state index in [0.717, 1.165) is 18.7 Å². The number of hydrogen-bond donors (Lipinski definition) is 1. The fourth-order valence-electron chi connectivity index (χ4n) is 4.72. The van der Waals surface area contributed by atoms with Crippen LogP contribution in [0.5, 0.6) is 0 Å². The third-order valence-corrected chi connectivity index (χ3v) is 6.71. The van der Waals surface area contributed by atoms with Gasteiger partial charge in [0.15, 0.2) is 0 Å². The molecule has 0 aliphatic carbocycles. The van der Waals surface area contributed by atoms with Crippen LogP contribution >= 0.6 is 0 Å². The van der Waals surface area contributed by atoms with Gasteiger partial charge in [-0.3, -0.25) is 4.99 Å². The van der Waals surface area contributed by atoms with Gasteiger partial charge < -0.3 is 5.32 Å². The molecule has 35 heavy (non-hydrogen) atoms. The van der Waals surface area contributed by atoms with Crippen LogP contribution in [-0.4, -0.2) is 12.3 Å². The summed E-state index contributed by atoms with van der Waals surface area (Å²) in [6, 6.07) is 24.1. The number of nitrogens with zero attached hydrogens (tertiary/aromatic N) is 1. The van der Waals surface area contributed by atoms with Crippen LogP contribution in [0, 0.1) is 0 Å². The Hall–Kier alpha value is -2.87. The molecule has 0 amide bonds. The van der Waals surface area contributed by atoms with E-state index in [1.807, 2.05) is 0 Å². The standard InChI is InChI=1S/C33H44N2/c1-22(2)28-16-12-17-29(23(3)4)32(28)34-21-27(20-26-14-10-9-11-15-26)35-33-30(24(5)6)18-13-19-31(33)25(7)8/h9-19,22-25,34H,20-21H2,1-8H3. The molecule has 1 N–H and O–H groups in total. The van der Waals surface area contributed by atoms with Crippen LogP contribution in [0.2, 0.25) is 0 Å². The van der Waals surface area contributed by atoms with Crippen LogP contribution in [0.3, 0.4) is 0 Å². The zero-order chi connectivity index (χ0) is 25.5. The highest BCUT2D eigenvalue weighted by atomic mass is 14.9. The monoisotopic (exact) mass is 468 g/mol. The van der Waals surface area contributed by atoms with Crippen molar-refractivity contribution in [1.82, 2.24) is 0 Å². The molecule has 0 radical (unpaired) electrons. The van der Waals surface area contributed by atoms with Gasteiger partial charge in [0.25, 0.3) is 0 Å². The van der Waals surface area contributed by atoms with Gasteiger partial charge in [0.1, 0.15) is 0 Å². The number of anilines is 1. The van der Waals surface area contributed by atoms with Crippen LogP contribution < -0.4 is 5.32 Å². The maximum Gasteiger partial charge on any atom is 0.0699 e. The highest BCUT2D eigenvalue weighted by Gasteiger charge is 2.17.